The zero-order valence-corrected chi connectivity index (χ0v) is 12.1. The molecular weight excluding hydrogens is 291 g/mol. The normalized spacial score (nSPS) is 12.6. The number of rotatable bonds is 4. The highest BCUT2D eigenvalue weighted by Gasteiger charge is 2.19. The molecule has 0 fully saturated rings. The Morgan fingerprint density at radius 1 is 1.19 bits per heavy atom. The number of hydrogen-bond donors (Lipinski definition) is 1. The lowest BCUT2D eigenvalue weighted by molar-refractivity contribution is 0.566. The molecule has 6 heteroatoms. The summed E-state index contributed by atoms with van der Waals surface area (Å²) in [7, 11) is -3.82. The Kier molecular flexibility index (Phi) is 4.36. The van der Waals surface area contributed by atoms with Crippen molar-refractivity contribution in [3.8, 4) is 6.07 Å². The third kappa shape index (κ3) is 3.45. The summed E-state index contributed by atoms with van der Waals surface area (Å²) in [5, 5.41) is 8.76. The van der Waals surface area contributed by atoms with Crippen molar-refractivity contribution in [3.63, 3.8) is 0 Å². The monoisotopic (exact) mass is 304 g/mol. The molecule has 2 aromatic rings. The van der Waals surface area contributed by atoms with E-state index in [0.717, 1.165) is 23.8 Å². The second-order valence-corrected chi connectivity index (χ2v) is 6.22. The molecule has 0 aliphatic heterocycles. The molecule has 1 unspecified atom stereocenters. The smallest absolute Gasteiger partial charge is 0.207 e. The molecule has 0 amide bonds. The van der Waals surface area contributed by atoms with Gasteiger partial charge in [0, 0.05) is 6.04 Å². The summed E-state index contributed by atoms with van der Waals surface area (Å²) >= 11 is 0. The fourth-order valence-corrected chi connectivity index (χ4v) is 3.13. The molecule has 0 aliphatic carbocycles. The Bertz CT molecular complexity index is 783. The largest absolute Gasteiger partial charge is 0.241 e. The average Bonchev–Trinajstić information content (AvgIpc) is 2.48. The van der Waals surface area contributed by atoms with Crippen molar-refractivity contribution in [1.29, 1.82) is 5.26 Å². The molecular formula is C15H13FN2O2S. The van der Waals surface area contributed by atoms with E-state index in [9.17, 15) is 12.8 Å². The van der Waals surface area contributed by atoms with Gasteiger partial charge in [-0.2, -0.15) is 5.26 Å². The molecule has 0 spiro atoms. The van der Waals surface area contributed by atoms with Crippen LogP contribution in [0.1, 0.15) is 24.1 Å². The summed E-state index contributed by atoms with van der Waals surface area (Å²) in [5.74, 6) is -0.743. The van der Waals surface area contributed by atoms with Crippen molar-refractivity contribution in [2.45, 2.75) is 17.9 Å². The van der Waals surface area contributed by atoms with Gasteiger partial charge in [-0.05, 0) is 30.7 Å². The molecule has 1 atom stereocenters. The van der Waals surface area contributed by atoms with Crippen LogP contribution in [0.5, 0.6) is 0 Å². The average molecular weight is 304 g/mol. The molecule has 108 valence electrons. The maximum Gasteiger partial charge on any atom is 0.241 e. The van der Waals surface area contributed by atoms with E-state index in [1.165, 1.54) is 0 Å². The zero-order chi connectivity index (χ0) is 15.5. The summed E-state index contributed by atoms with van der Waals surface area (Å²) in [4.78, 5) is -0.136. The number of halogens is 1. The molecule has 0 aromatic heterocycles. The van der Waals surface area contributed by atoms with Gasteiger partial charge in [-0.3, -0.25) is 0 Å². The lowest BCUT2D eigenvalue weighted by Gasteiger charge is -2.14. The SMILES string of the molecule is CC(NS(=O)(=O)c1ccc(F)c(C#N)c1)c1ccccc1. The molecule has 21 heavy (non-hydrogen) atoms. The number of benzene rings is 2. The van der Waals surface area contributed by atoms with Gasteiger partial charge in [0.25, 0.3) is 0 Å². The van der Waals surface area contributed by atoms with Gasteiger partial charge < -0.3 is 0 Å². The summed E-state index contributed by atoms with van der Waals surface area (Å²) in [6, 6.07) is 13.4. The predicted molar refractivity (Wildman–Crippen MR) is 76.3 cm³/mol. The van der Waals surface area contributed by atoms with Gasteiger partial charge in [0.15, 0.2) is 0 Å². The summed E-state index contributed by atoms with van der Waals surface area (Å²) in [6.07, 6.45) is 0. The number of nitrogens with one attached hydrogen (secondary N) is 1. The van der Waals surface area contributed by atoms with E-state index in [1.807, 2.05) is 18.2 Å². The van der Waals surface area contributed by atoms with E-state index in [1.54, 1.807) is 25.1 Å². The van der Waals surface area contributed by atoms with Crippen LogP contribution < -0.4 is 4.72 Å². The Morgan fingerprint density at radius 2 is 1.86 bits per heavy atom. The highest BCUT2D eigenvalue weighted by molar-refractivity contribution is 7.89. The molecule has 0 saturated carbocycles. The topological polar surface area (TPSA) is 70.0 Å². The summed E-state index contributed by atoms with van der Waals surface area (Å²) in [5.41, 5.74) is 0.508. The van der Waals surface area contributed by atoms with E-state index < -0.39 is 21.9 Å². The first-order valence-corrected chi connectivity index (χ1v) is 7.69. The third-order valence-corrected chi connectivity index (χ3v) is 4.54. The van der Waals surface area contributed by atoms with E-state index in [0.29, 0.717) is 0 Å². The van der Waals surface area contributed by atoms with Crippen LogP contribution in [0.15, 0.2) is 53.4 Å². The molecule has 0 heterocycles. The molecule has 4 nitrogen and oxygen atoms in total. The first kappa shape index (κ1) is 15.2. The molecule has 1 N–H and O–H groups in total. The minimum atomic E-state index is -3.82. The number of nitriles is 1. The standard InChI is InChI=1S/C15H13FN2O2S/c1-11(12-5-3-2-4-6-12)18-21(19,20)14-7-8-15(16)13(9-14)10-17/h2-9,11,18H,1H3. The van der Waals surface area contributed by atoms with Gasteiger partial charge in [-0.25, -0.2) is 17.5 Å². The molecule has 2 rings (SSSR count). The number of hydrogen-bond acceptors (Lipinski definition) is 3. The van der Waals surface area contributed by atoms with Gasteiger partial charge in [-0.1, -0.05) is 30.3 Å². The van der Waals surface area contributed by atoms with Gasteiger partial charge in [0.2, 0.25) is 10.0 Å². The van der Waals surface area contributed by atoms with Gasteiger partial charge in [-0.15, -0.1) is 0 Å². The van der Waals surface area contributed by atoms with Crippen LogP contribution in [-0.2, 0) is 10.0 Å². The van der Waals surface area contributed by atoms with Crippen molar-refractivity contribution < 1.29 is 12.8 Å². The highest BCUT2D eigenvalue weighted by atomic mass is 32.2. The third-order valence-electron chi connectivity index (χ3n) is 3.00. The van der Waals surface area contributed by atoms with E-state index in [-0.39, 0.29) is 10.5 Å². The van der Waals surface area contributed by atoms with Crippen LogP contribution in [0.25, 0.3) is 0 Å². The van der Waals surface area contributed by atoms with Crippen LogP contribution in [0.3, 0.4) is 0 Å². The highest BCUT2D eigenvalue weighted by Crippen LogP contribution is 2.18. The van der Waals surface area contributed by atoms with Crippen LogP contribution in [0.2, 0.25) is 0 Å². The predicted octanol–water partition coefficient (Wildman–Crippen LogP) is 2.74. The van der Waals surface area contributed by atoms with Crippen LogP contribution in [0.4, 0.5) is 4.39 Å². The fourth-order valence-electron chi connectivity index (χ4n) is 1.87. The summed E-state index contributed by atoms with van der Waals surface area (Å²) < 4.78 is 40.3. The maximum absolute atomic E-state index is 13.2. The van der Waals surface area contributed by atoms with Crippen LogP contribution >= 0.6 is 0 Å². The fraction of sp³-hybridized carbons (Fsp3) is 0.133. The van der Waals surface area contributed by atoms with Gasteiger partial charge in [0.05, 0.1) is 10.5 Å². The maximum atomic E-state index is 13.2. The minimum absolute atomic E-state index is 0.136. The quantitative estimate of drug-likeness (QED) is 0.944. The molecule has 0 bridgehead atoms. The van der Waals surface area contributed by atoms with Crippen LogP contribution in [-0.4, -0.2) is 8.42 Å². The van der Waals surface area contributed by atoms with E-state index in [4.69, 9.17) is 5.26 Å². The van der Waals surface area contributed by atoms with E-state index in [2.05, 4.69) is 4.72 Å². The van der Waals surface area contributed by atoms with E-state index >= 15 is 0 Å². The number of sulfonamides is 1. The van der Waals surface area contributed by atoms with Gasteiger partial charge >= 0.3 is 0 Å². The Morgan fingerprint density at radius 3 is 2.48 bits per heavy atom. The van der Waals surface area contributed by atoms with Crippen LogP contribution in [0, 0.1) is 17.1 Å². The van der Waals surface area contributed by atoms with Crippen molar-refractivity contribution >= 4 is 10.0 Å². The van der Waals surface area contributed by atoms with Crippen molar-refractivity contribution in [3.05, 3.63) is 65.5 Å². The summed E-state index contributed by atoms with van der Waals surface area (Å²) in [6.45, 7) is 1.71. The Balaban J connectivity index is 2.29. The first-order chi connectivity index (χ1) is 9.94. The van der Waals surface area contributed by atoms with Crippen molar-refractivity contribution in [1.82, 2.24) is 4.72 Å². The molecule has 2 aromatic carbocycles. The second-order valence-electron chi connectivity index (χ2n) is 4.51. The zero-order valence-electron chi connectivity index (χ0n) is 11.2. The minimum Gasteiger partial charge on any atom is -0.207 e. The lowest BCUT2D eigenvalue weighted by atomic mass is 10.1. The second kappa shape index (κ2) is 6.04. The number of nitrogens with zero attached hydrogens (tertiary/aromatic N) is 1. The Hall–Kier alpha value is -2.23. The first-order valence-electron chi connectivity index (χ1n) is 6.21. The molecule has 0 aliphatic rings. The Labute approximate surface area is 122 Å². The van der Waals surface area contributed by atoms with Crippen molar-refractivity contribution in [2.24, 2.45) is 0 Å². The lowest BCUT2D eigenvalue weighted by Crippen LogP contribution is -2.27. The van der Waals surface area contributed by atoms with Crippen molar-refractivity contribution in [2.75, 3.05) is 0 Å². The van der Waals surface area contributed by atoms with Gasteiger partial charge in [0.1, 0.15) is 11.9 Å². The molecule has 0 radical (unpaired) electrons. The molecule has 0 saturated heterocycles.